The van der Waals surface area contributed by atoms with Crippen molar-refractivity contribution in [2.24, 2.45) is 5.73 Å². The van der Waals surface area contributed by atoms with E-state index in [4.69, 9.17) is 10.2 Å². The molecule has 0 spiro atoms. The van der Waals surface area contributed by atoms with E-state index in [2.05, 4.69) is 5.32 Å². The lowest BCUT2D eigenvalue weighted by atomic mass is 9.94. The van der Waals surface area contributed by atoms with Crippen molar-refractivity contribution in [3.8, 4) is 0 Å². The minimum atomic E-state index is -0.533. The van der Waals surface area contributed by atoms with Crippen molar-refractivity contribution in [3.05, 3.63) is 39.3 Å². The Labute approximate surface area is 119 Å². The Morgan fingerprint density at radius 2 is 2.10 bits per heavy atom. The molecular weight excluding hydrogens is 276 g/mol. The molecule has 0 aromatic carbocycles. The second-order valence-electron chi connectivity index (χ2n) is 4.71. The second kappa shape index (κ2) is 5.13. The number of carbonyl (C=O) groups excluding carboxylic acids is 2. The second-order valence-corrected chi connectivity index (χ2v) is 5.82. The highest BCUT2D eigenvalue weighted by atomic mass is 32.1. The van der Waals surface area contributed by atoms with Crippen molar-refractivity contribution in [1.82, 2.24) is 0 Å². The summed E-state index contributed by atoms with van der Waals surface area (Å²) in [6.45, 7) is 0. The van der Waals surface area contributed by atoms with Crippen LogP contribution in [0, 0.1) is 0 Å². The first-order valence-electron chi connectivity index (χ1n) is 6.46. The Bertz CT molecular complexity index is 658. The Morgan fingerprint density at radius 1 is 1.30 bits per heavy atom. The molecule has 0 saturated heterocycles. The van der Waals surface area contributed by atoms with Crippen LogP contribution >= 0.6 is 11.3 Å². The van der Waals surface area contributed by atoms with E-state index in [1.54, 1.807) is 12.1 Å². The predicted molar refractivity (Wildman–Crippen MR) is 76.1 cm³/mol. The molecule has 0 bridgehead atoms. The van der Waals surface area contributed by atoms with E-state index in [-0.39, 0.29) is 5.91 Å². The van der Waals surface area contributed by atoms with Gasteiger partial charge in [0, 0.05) is 10.9 Å². The molecule has 104 valence electrons. The molecule has 2 amide bonds. The van der Waals surface area contributed by atoms with E-state index in [9.17, 15) is 9.59 Å². The van der Waals surface area contributed by atoms with Crippen LogP contribution in [0.15, 0.2) is 22.8 Å². The molecule has 2 aromatic rings. The number of furan rings is 1. The van der Waals surface area contributed by atoms with Crippen LogP contribution in [0.1, 0.15) is 43.3 Å². The summed E-state index contributed by atoms with van der Waals surface area (Å²) in [6.07, 6.45) is 5.32. The SMILES string of the molecule is NC(=O)c1c(C(=O)Nc2ccco2)sc2c1CCCC2. The number of nitrogens with one attached hydrogen (secondary N) is 1. The number of rotatable bonds is 3. The van der Waals surface area contributed by atoms with Gasteiger partial charge in [-0.1, -0.05) is 0 Å². The zero-order chi connectivity index (χ0) is 14.1. The molecule has 20 heavy (non-hydrogen) atoms. The molecule has 0 unspecified atom stereocenters. The number of amides is 2. The van der Waals surface area contributed by atoms with Crippen molar-refractivity contribution >= 4 is 29.0 Å². The van der Waals surface area contributed by atoms with Crippen LogP contribution in [0.2, 0.25) is 0 Å². The van der Waals surface area contributed by atoms with E-state index in [0.717, 1.165) is 36.1 Å². The number of carbonyl (C=O) groups is 2. The Hall–Kier alpha value is -2.08. The van der Waals surface area contributed by atoms with Crippen molar-refractivity contribution < 1.29 is 14.0 Å². The average Bonchev–Trinajstić information content (AvgIpc) is 3.04. The quantitative estimate of drug-likeness (QED) is 0.911. The molecule has 5 nitrogen and oxygen atoms in total. The lowest BCUT2D eigenvalue weighted by molar-refractivity contribution is 0.0978. The molecule has 3 N–H and O–H groups in total. The third-order valence-electron chi connectivity index (χ3n) is 3.38. The van der Waals surface area contributed by atoms with Gasteiger partial charge in [-0.2, -0.15) is 0 Å². The van der Waals surface area contributed by atoms with Gasteiger partial charge in [-0.05, 0) is 37.3 Å². The molecule has 0 saturated carbocycles. The van der Waals surface area contributed by atoms with E-state index in [0.29, 0.717) is 16.3 Å². The van der Waals surface area contributed by atoms with Crippen LogP contribution in [0.5, 0.6) is 0 Å². The van der Waals surface area contributed by atoms with Gasteiger partial charge in [0.05, 0.1) is 11.8 Å². The number of anilines is 1. The summed E-state index contributed by atoms with van der Waals surface area (Å²) in [5, 5.41) is 2.64. The molecule has 3 rings (SSSR count). The maximum Gasteiger partial charge on any atom is 0.268 e. The highest BCUT2D eigenvalue weighted by Crippen LogP contribution is 2.34. The van der Waals surface area contributed by atoms with Crippen LogP contribution in [0.3, 0.4) is 0 Å². The lowest BCUT2D eigenvalue weighted by Gasteiger charge is -2.11. The normalized spacial score (nSPS) is 13.8. The van der Waals surface area contributed by atoms with Gasteiger partial charge in [-0.25, -0.2) is 0 Å². The van der Waals surface area contributed by atoms with Gasteiger partial charge in [0.2, 0.25) is 0 Å². The number of nitrogens with two attached hydrogens (primary N) is 1. The number of primary amides is 1. The van der Waals surface area contributed by atoms with E-state index < -0.39 is 5.91 Å². The van der Waals surface area contributed by atoms with Crippen molar-refractivity contribution in [2.75, 3.05) is 5.32 Å². The van der Waals surface area contributed by atoms with E-state index in [1.807, 2.05) is 0 Å². The summed E-state index contributed by atoms with van der Waals surface area (Å²) in [7, 11) is 0. The first kappa shape index (κ1) is 12.9. The number of thiophene rings is 1. The number of aryl methyl sites for hydroxylation is 1. The highest BCUT2D eigenvalue weighted by Gasteiger charge is 2.27. The van der Waals surface area contributed by atoms with Gasteiger partial charge < -0.3 is 10.2 Å². The minimum absolute atomic E-state index is 0.340. The van der Waals surface area contributed by atoms with Crippen LogP contribution in [-0.2, 0) is 12.8 Å². The smallest absolute Gasteiger partial charge is 0.268 e. The molecule has 0 radical (unpaired) electrons. The topological polar surface area (TPSA) is 85.3 Å². The fourth-order valence-corrected chi connectivity index (χ4v) is 3.79. The van der Waals surface area contributed by atoms with Crippen LogP contribution in [0.4, 0.5) is 5.88 Å². The fourth-order valence-electron chi connectivity index (χ4n) is 2.50. The highest BCUT2D eigenvalue weighted by molar-refractivity contribution is 7.14. The maximum atomic E-state index is 12.3. The van der Waals surface area contributed by atoms with Crippen molar-refractivity contribution in [3.63, 3.8) is 0 Å². The van der Waals surface area contributed by atoms with Gasteiger partial charge in [0.15, 0.2) is 5.88 Å². The van der Waals surface area contributed by atoms with Crippen LogP contribution < -0.4 is 11.1 Å². The van der Waals surface area contributed by atoms with Crippen LogP contribution in [-0.4, -0.2) is 11.8 Å². The first-order chi connectivity index (χ1) is 9.66. The van der Waals surface area contributed by atoms with Gasteiger partial charge in [-0.3, -0.25) is 14.9 Å². The summed E-state index contributed by atoms with van der Waals surface area (Å²) in [5.74, 6) is -0.515. The Kier molecular flexibility index (Phi) is 3.31. The van der Waals surface area contributed by atoms with Crippen molar-refractivity contribution in [2.45, 2.75) is 25.7 Å². The third kappa shape index (κ3) is 2.22. The zero-order valence-electron chi connectivity index (χ0n) is 10.8. The van der Waals surface area contributed by atoms with Crippen molar-refractivity contribution in [1.29, 1.82) is 0 Å². The third-order valence-corrected chi connectivity index (χ3v) is 4.67. The number of hydrogen-bond donors (Lipinski definition) is 2. The standard InChI is InChI=1S/C14H14N2O3S/c15-13(17)11-8-4-1-2-5-9(8)20-12(11)14(18)16-10-6-3-7-19-10/h3,6-7H,1-2,4-5H2,(H2,15,17)(H,16,18). The summed E-state index contributed by atoms with van der Waals surface area (Å²) in [5.41, 5.74) is 6.80. The summed E-state index contributed by atoms with van der Waals surface area (Å²) in [4.78, 5) is 25.5. The molecule has 1 aliphatic rings. The summed E-state index contributed by atoms with van der Waals surface area (Å²) < 4.78 is 5.08. The molecule has 0 atom stereocenters. The monoisotopic (exact) mass is 290 g/mol. The maximum absolute atomic E-state index is 12.3. The Balaban J connectivity index is 1.98. The number of hydrogen-bond acceptors (Lipinski definition) is 4. The predicted octanol–water partition coefficient (Wildman–Crippen LogP) is 2.57. The minimum Gasteiger partial charge on any atom is -0.449 e. The fraction of sp³-hybridized carbons (Fsp3) is 0.286. The van der Waals surface area contributed by atoms with Gasteiger partial charge in [0.25, 0.3) is 11.8 Å². The van der Waals surface area contributed by atoms with E-state index in [1.165, 1.54) is 17.6 Å². The average molecular weight is 290 g/mol. The number of fused-ring (bicyclic) bond motifs is 1. The molecule has 2 aromatic heterocycles. The molecule has 2 heterocycles. The lowest BCUT2D eigenvalue weighted by Crippen LogP contribution is -2.20. The summed E-state index contributed by atoms with van der Waals surface area (Å²) >= 11 is 1.37. The zero-order valence-corrected chi connectivity index (χ0v) is 11.6. The van der Waals surface area contributed by atoms with Crippen LogP contribution in [0.25, 0.3) is 0 Å². The van der Waals surface area contributed by atoms with Gasteiger partial charge in [-0.15, -0.1) is 11.3 Å². The largest absolute Gasteiger partial charge is 0.449 e. The van der Waals surface area contributed by atoms with Gasteiger partial charge >= 0.3 is 0 Å². The molecule has 0 aliphatic heterocycles. The van der Waals surface area contributed by atoms with E-state index >= 15 is 0 Å². The van der Waals surface area contributed by atoms with Gasteiger partial charge in [0.1, 0.15) is 4.88 Å². The molecule has 0 fully saturated rings. The summed E-state index contributed by atoms with van der Waals surface area (Å²) in [6, 6.07) is 3.33. The molecular formula is C14H14N2O3S. The molecule has 1 aliphatic carbocycles. The molecule has 6 heteroatoms. The first-order valence-corrected chi connectivity index (χ1v) is 7.27. The Morgan fingerprint density at radius 3 is 2.80 bits per heavy atom.